The molecule has 0 aliphatic heterocycles. The van der Waals surface area contributed by atoms with Gasteiger partial charge in [0.25, 0.3) is 0 Å². The molecule has 1 N–H and O–H groups in total. The molecule has 0 aliphatic carbocycles. The molecule has 1 rings (SSSR count). The van der Waals surface area contributed by atoms with E-state index in [9.17, 15) is 9.90 Å². The maximum atomic E-state index is 12.3. The minimum Gasteiger partial charge on any atom is -0.396 e. The van der Waals surface area contributed by atoms with Gasteiger partial charge in [0.2, 0.25) is 5.91 Å². The highest BCUT2D eigenvalue weighted by atomic mass is 16.3. The molecule has 20 heavy (non-hydrogen) atoms. The number of hydrogen-bond donors (Lipinski definition) is 1. The van der Waals surface area contributed by atoms with Crippen LogP contribution in [0.1, 0.15) is 32.3 Å². The summed E-state index contributed by atoms with van der Waals surface area (Å²) in [6, 6.07) is 9.96. The highest BCUT2D eigenvalue weighted by molar-refractivity contribution is 5.77. The van der Waals surface area contributed by atoms with Crippen molar-refractivity contribution < 1.29 is 9.90 Å². The molecule has 1 amide bonds. The molecule has 1 unspecified atom stereocenters. The summed E-state index contributed by atoms with van der Waals surface area (Å²) >= 11 is 0. The van der Waals surface area contributed by atoms with E-state index in [2.05, 4.69) is 6.92 Å². The second-order valence-corrected chi connectivity index (χ2v) is 5.13. The van der Waals surface area contributed by atoms with Gasteiger partial charge in [-0.3, -0.25) is 4.79 Å². The molecule has 1 aromatic carbocycles. The highest BCUT2D eigenvalue weighted by Crippen LogP contribution is 2.09. The van der Waals surface area contributed by atoms with Crippen LogP contribution in [0.4, 0.5) is 0 Å². The van der Waals surface area contributed by atoms with Crippen LogP contribution in [-0.4, -0.2) is 29.1 Å². The number of aliphatic hydroxyl groups is 1. The molecule has 0 bridgehead atoms. The minimum absolute atomic E-state index is 0.0952. The number of benzene rings is 1. The molecule has 0 spiro atoms. The van der Waals surface area contributed by atoms with Crippen LogP contribution in [0, 0.1) is 5.92 Å². The SMILES string of the molecule is CCC=CCC(=O)N(Cc1ccccc1)CC(C)CO. The molecule has 0 radical (unpaired) electrons. The van der Waals surface area contributed by atoms with Gasteiger partial charge in [-0.05, 0) is 17.9 Å². The van der Waals surface area contributed by atoms with Gasteiger partial charge in [0.1, 0.15) is 0 Å². The molecule has 0 heterocycles. The summed E-state index contributed by atoms with van der Waals surface area (Å²) < 4.78 is 0. The van der Waals surface area contributed by atoms with Crippen molar-refractivity contribution in [2.45, 2.75) is 33.2 Å². The van der Waals surface area contributed by atoms with E-state index in [-0.39, 0.29) is 18.4 Å². The third-order valence-corrected chi connectivity index (χ3v) is 3.11. The van der Waals surface area contributed by atoms with Gasteiger partial charge in [0.05, 0.1) is 0 Å². The molecule has 0 saturated carbocycles. The Balaban J connectivity index is 2.69. The molecular weight excluding hydrogens is 250 g/mol. The zero-order valence-electron chi connectivity index (χ0n) is 12.5. The number of rotatable bonds is 8. The van der Waals surface area contributed by atoms with Crippen LogP contribution in [0.2, 0.25) is 0 Å². The van der Waals surface area contributed by atoms with E-state index in [0.717, 1.165) is 12.0 Å². The van der Waals surface area contributed by atoms with Crippen LogP contribution in [0.5, 0.6) is 0 Å². The monoisotopic (exact) mass is 275 g/mol. The lowest BCUT2D eigenvalue weighted by atomic mass is 10.1. The van der Waals surface area contributed by atoms with E-state index in [0.29, 0.717) is 19.5 Å². The van der Waals surface area contributed by atoms with E-state index in [1.54, 1.807) is 0 Å². The number of nitrogens with zero attached hydrogens (tertiary/aromatic N) is 1. The van der Waals surface area contributed by atoms with Gasteiger partial charge in [0.15, 0.2) is 0 Å². The van der Waals surface area contributed by atoms with Gasteiger partial charge in [-0.15, -0.1) is 0 Å². The molecule has 1 aromatic rings. The van der Waals surface area contributed by atoms with Crippen molar-refractivity contribution in [3.63, 3.8) is 0 Å². The van der Waals surface area contributed by atoms with Crippen LogP contribution in [0.15, 0.2) is 42.5 Å². The third kappa shape index (κ3) is 6.02. The minimum atomic E-state index is 0.0952. The maximum Gasteiger partial charge on any atom is 0.226 e. The average molecular weight is 275 g/mol. The summed E-state index contributed by atoms with van der Waals surface area (Å²) in [6.45, 7) is 5.29. The van der Waals surface area contributed by atoms with Crippen LogP contribution in [0.25, 0.3) is 0 Å². The Morgan fingerprint density at radius 1 is 1.30 bits per heavy atom. The topological polar surface area (TPSA) is 40.5 Å². The van der Waals surface area contributed by atoms with Gasteiger partial charge in [-0.1, -0.05) is 56.3 Å². The fraction of sp³-hybridized carbons (Fsp3) is 0.471. The van der Waals surface area contributed by atoms with Crippen molar-refractivity contribution in [3.8, 4) is 0 Å². The summed E-state index contributed by atoms with van der Waals surface area (Å²) in [7, 11) is 0. The zero-order chi connectivity index (χ0) is 14.8. The Labute approximate surface area is 121 Å². The van der Waals surface area contributed by atoms with E-state index in [1.807, 2.05) is 54.3 Å². The Morgan fingerprint density at radius 2 is 2.00 bits per heavy atom. The second-order valence-electron chi connectivity index (χ2n) is 5.13. The third-order valence-electron chi connectivity index (χ3n) is 3.11. The molecule has 3 heteroatoms. The highest BCUT2D eigenvalue weighted by Gasteiger charge is 2.15. The Kier molecular flexibility index (Phi) is 7.66. The summed E-state index contributed by atoms with van der Waals surface area (Å²) in [4.78, 5) is 14.1. The fourth-order valence-electron chi connectivity index (χ4n) is 1.97. The van der Waals surface area contributed by atoms with E-state index < -0.39 is 0 Å². The molecule has 3 nitrogen and oxygen atoms in total. The van der Waals surface area contributed by atoms with Crippen molar-refractivity contribution >= 4 is 5.91 Å². The van der Waals surface area contributed by atoms with Crippen molar-refractivity contribution in [3.05, 3.63) is 48.0 Å². The number of carbonyl (C=O) groups is 1. The van der Waals surface area contributed by atoms with Gasteiger partial charge in [0, 0.05) is 26.1 Å². The van der Waals surface area contributed by atoms with E-state index in [1.165, 1.54) is 0 Å². The number of aliphatic hydroxyl groups excluding tert-OH is 1. The normalized spacial score (nSPS) is 12.6. The molecule has 1 atom stereocenters. The molecule has 0 fully saturated rings. The van der Waals surface area contributed by atoms with Crippen molar-refractivity contribution in [2.75, 3.05) is 13.2 Å². The van der Waals surface area contributed by atoms with E-state index >= 15 is 0 Å². The van der Waals surface area contributed by atoms with Crippen LogP contribution in [0.3, 0.4) is 0 Å². The van der Waals surface area contributed by atoms with Crippen LogP contribution < -0.4 is 0 Å². The molecular formula is C17H25NO2. The van der Waals surface area contributed by atoms with Crippen LogP contribution in [-0.2, 0) is 11.3 Å². The summed E-state index contributed by atoms with van der Waals surface area (Å²) in [5, 5.41) is 9.19. The van der Waals surface area contributed by atoms with Crippen LogP contribution >= 0.6 is 0 Å². The molecule has 0 saturated heterocycles. The Hall–Kier alpha value is -1.61. The number of carbonyl (C=O) groups excluding carboxylic acids is 1. The first-order valence-electron chi connectivity index (χ1n) is 7.24. The second kappa shape index (κ2) is 9.32. The lowest BCUT2D eigenvalue weighted by molar-refractivity contribution is -0.131. The number of allylic oxidation sites excluding steroid dienone is 1. The van der Waals surface area contributed by atoms with Crippen molar-refractivity contribution in [1.29, 1.82) is 0 Å². The first kappa shape index (κ1) is 16.4. The van der Waals surface area contributed by atoms with E-state index in [4.69, 9.17) is 0 Å². The Bertz CT molecular complexity index is 414. The largest absolute Gasteiger partial charge is 0.396 e. The van der Waals surface area contributed by atoms with Gasteiger partial charge < -0.3 is 10.0 Å². The molecule has 110 valence electrons. The standard InChI is InChI=1S/C17H25NO2/c1-3-4-6-11-17(20)18(12-15(2)14-19)13-16-9-7-5-8-10-16/h4-10,15,19H,3,11-14H2,1-2H3. The van der Waals surface area contributed by atoms with Gasteiger partial charge >= 0.3 is 0 Å². The lowest BCUT2D eigenvalue weighted by Gasteiger charge is -2.25. The Morgan fingerprint density at radius 3 is 2.60 bits per heavy atom. The lowest BCUT2D eigenvalue weighted by Crippen LogP contribution is -2.34. The quantitative estimate of drug-likeness (QED) is 0.741. The smallest absolute Gasteiger partial charge is 0.226 e. The summed E-state index contributed by atoms with van der Waals surface area (Å²) in [6.07, 6.45) is 5.30. The number of amides is 1. The fourth-order valence-corrected chi connectivity index (χ4v) is 1.97. The summed E-state index contributed by atoms with van der Waals surface area (Å²) in [5.41, 5.74) is 1.12. The van der Waals surface area contributed by atoms with Crippen molar-refractivity contribution in [2.24, 2.45) is 5.92 Å². The first-order valence-corrected chi connectivity index (χ1v) is 7.24. The molecule has 0 aliphatic rings. The van der Waals surface area contributed by atoms with Gasteiger partial charge in [-0.2, -0.15) is 0 Å². The number of hydrogen-bond acceptors (Lipinski definition) is 2. The maximum absolute atomic E-state index is 12.3. The first-order chi connectivity index (χ1) is 9.67. The predicted octanol–water partition coefficient (Wildman–Crippen LogP) is 3.00. The zero-order valence-corrected chi connectivity index (χ0v) is 12.5. The predicted molar refractivity (Wildman–Crippen MR) is 82.2 cm³/mol. The van der Waals surface area contributed by atoms with Crippen molar-refractivity contribution in [1.82, 2.24) is 4.90 Å². The van der Waals surface area contributed by atoms with Gasteiger partial charge in [-0.25, -0.2) is 0 Å². The molecule has 0 aromatic heterocycles. The summed E-state index contributed by atoms with van der Waals surface area (Å²) in [5.74, 6) is 0.205. The average Bonchev–Trinajstić information content (AvgIpc) is 2.47.